The average molecular weight is 385 g/mol. The minimum atomic E-state index is -0.222. The summed E-state index contributed by atoms with van der Waals surface area (Å²) >= 11 is 0. The Bertz CT molecular complexity index is 1140. The first-order chi connectivity index (χ1) is 14.0. The highest BCUT2D eigenvalue weighted by atomic mass is 16.3. The van der Waals surface area contributed by atoms with Crippen LogP contribution < -0.4 is 10.3 Å². The molecule has 29 heavy (non-hydrogen) atoms. The van der Waals surface area contributed by atoms with Crippen molar-refractivity contribution in [1.82, 2.24) is 4.98 Å². The summed E-state index contributed by atoms with van der Waals surface area (Å²) in [5, 5.41) is 15.5. The summed E-state index contributed by atoms with van der Waals surface area (Å²) in [5.74, 6) is 1.57. The predicted octanol–water partition coefficient (Wildman–Crippen LogP) is 5.39. The van der Waals surface area contributed by atoms with Crippen LogP contribution in [-0.4, -0.2) is 10.1 Å². The number of rotatable bonds is 5. The molecule has 146 valence electrons. The Hall–Kier alpha value is -3.40. The molecule has 4 aromatic rings. The lowest BCUT2D eigenvalue weighted by Gasteiger charge is -2.18. The molecule has 0 saturated carbocycles. The zero-order valence-electron chi connectivity index (χ0n) is 17.0. The first-order valence-corrected chi connectivity index (χ1v) is 9.94. The molecular weight excluding hydrogens is 358 g/mol. The zero-order chi connectivity index (χ0) is 20.4. The number of H-pyrrole nitrogens is 1. The van der Waals surface area contributed by atoms with Crippen molar-refractivity contribution in [2.75, 3.05) is 5.32 Å². The van der Waals surface area contributed by atoms with Gasteiger partial charge in [0.05, 0.1) is 6.20 Å². The van der Waals surface area contributed by atoms with Crippen molar-refractivity contribution in [3.63, 3.8) is 0 Å². The van der Waals surface area contributed by atoms with Crippen molar-refractivity contribution in [2.45, 2.75) is 32.7 Å². The fourth-order valence-electron chi connectivity index (χ4n) is 3.61. The van der Waals surface area contributed by atoms with Gasteiger partial charge >= 0.3 is 0 Å². The number of hydrogen-bond acceptors (Lipinski definition) is 3. The lowest BCUT2D eigenvalue weighted by molar-refractivity contribution is -0.361. The normalized spacial score (nSPS) is 12.3. The van der Waals surface area contributed by atoms with Crippen molar-refractivity contribution in [2.24, 2.45) is 0 Å². The third kappa shape index (κ3) is 3.92. The number of pyridine rings is 2. The molecule has 0 aliphatic carbocycles. The Morgan fingerprint density at radius 1 is 0.966 bits per heavy atom. The lowest BCUT2D eigenvalue weighted by Crippen LogP contribution is -2.19. The summed E-state index contributed by atoms with van der Waals surface area (Å²) in [5.41, 5.74) is 4.94. The van der Waals surface area contributed by atoms with Gasteiger partial charge in [-0.1, -0.05) is 50.2 Å². The van der Waals surface area contributed by atoms with Crippen LogP contribution in [0.25, 0.3) is 10.9 Å². The van der Waals surface area contributed by atoms with Crippen molar-refractivity contribution in [1.29, 1.82) is 0 Å². The number of fused-ring (bicyclic) bond motifs is 1. The van der Waals surface area contributed by atoms with Crippen molar-refractivity contribution < 1.29 is 10.1 Å². The number of aryl methyl sites for hydroxylation is 1. The van der Waals surface area contributed by atoms with Gasteiger partial charge in [0.1, 0.15) is 17.3 Å². The molecule has 0 radical (unpaired) electrons. The van der Waals surface area contributed by atoms with E-state index in [1.807, 2.05) is 36.5 Å². The molecule has 0 unspecified atom stereocenters. The molecule has 0 bridgehead atoms. The predicted molar refractivity (Wildman–Crippen MR) is 117 cm³/mol. The van der Waals surface area contributed by atoms with Gasteiger partial charge in [-0.2, -0.15) is 0 Å². The number of aromatic amines is 1. The molecule has 0 spiro atoms. The number of phenolic OH excluding ortho intramolecular Hbond substituents is 1. The van der Waals surface area contributed by atoms with E-state index in [1.54, 1.807) is 6.20 Å². The summed E-state index contributed by atoms with van der Waals surface area (Å²) in [4.78, 5) is 7.65. The summed E-state index contributed by atoms with van der Waals surface area (Å²) in [6.07, 6.45) is 3.62. The van der Waals surface area contributed by atoms with E-state index >= 15 is 0 Å². The maximum Gasteiger partial charge on any atom is 0.273 e. The van der Waals surface area contributed by atoms with Crippen molar-refractivity contribution in [3.05, 3.63) is 95.3 Å². The fraction of sp³-hybridized carbons (Fsp3) is 0.200. The molecule has 2 aromatic carbocycles. The van der Waals surface area contributed by atoms with Gasteiger partial charge < -0.3 is 5.11 Å². The minimum absolute atomic E-state index is 0.209. The number of aromatic hydroxyl groups is 1. The quantitative estimate of drug-likeness (QED) is 0.485. The second-order valence-electron chi connectivity index (χ2n) is 7.76. The summed E-state index contributed by atoms with van der Waals surface area (Å²) in [6.45, 7) is 6.43. The highest BCUT2D eigenvalue weighted by Crippen LogP contribution is 2.36. The standard InChI is InChI=1S/C25H25N3O/c1-16(2)18-6-8-20(9-7-18)23(28-22-15-17(3)12-14-26-22)21-11-10-19-5-4-13-27-24(19)25(21)29/h4-16,23,29H,1-3H3,(H,26,28)/p+1/t23-/m0/s1. The van der Waals surface area contributed by atoms with Crippen LogP contribution in [0.4, 0.5) is 5.82 Å². The summed E-state index contributed by atoms with van der Waals surface area (Å²) in [7, 11) is 0. The van der Waals surface area contributed by atoms with E-state index < -0.39 is 0 Å². The van der Waals surface area contributed by atoms with Gasteiger partial charge in [0.2, 0.25) is 0 Å². The molecule has 0 amide bonds. The number of hydrogen-bond donors (Lipinski definition) is 2. The van der Waals surface area contributed by atoms with Gasteiger partial charge in [0, 0.05) is 28.8 Å². The Balaban J connectivity index is 1.82. The summed E-state index contributed by atoms with van der Waals surface area (Å²) in [6, 6.07) is 20.3. The fourth-order valence-corrected chi connectivity index (χ4v) is 3.61. The van der Waals surface area contributed by atoms with E-state index in [0.717, 1.165) is 27.9 Å². The van der Waals surface area contributed by atoms with E-state index in [-0.39, 0.29) is 11.8 Å². The SMILES string of the molecule is Cc1cc[nH+]c(N[C@@H](c2ccc(C(C)C)cc2)c2ccc3cccnc3c2O)c1. The van der Waals surface area contributed by atoms with Crippen molar-refractivity contribution >= 4 is 16.7 Å². The minimum Gasteiger partial charge on any atom is -0.505 e. The molecule has 4 heteroatoms. The molecular formula is C25H26N3O+. The molecule has 4 nitrogen and oxygen atoms in total. The van der Waals surface area contributed by atoms with Gasteiger partial charge in [0.25, 0.3) is 5.82 Å². The van der Waals surface area contributed by atoms with Crippen LogP contribution in [0.2, 0.25) is 0 Å². The van der Waals surface area contributed by atoms with Crippen LogP contribution in [0, 0.1) is 6.92 Å². The van der Waals surface area contributed by atoms with E-state index in [4.69, 9.17) is 0 Å². The van der Waals surface area contributed by atoms with Gasteiger partial charge in [-0.05, 0) is 42.2 Å². The van der Waals surface area contributed by atoms with Crippen LogP contribution in [-0.2, 0) is 0 Å². The molecule has 3 N–H and O–H groups in total. The first-order valence-electron chi connectivity index (χ1n) is 9.94. The van der Waals surface area contributed by atoms with Crippen LogP contribution >= 0.6 is 0 Å². The monoisotopic (exact) mass is 384 g/mol. The number of nitrogens with one attached hydrogen (secondary N) is 2. The molecule has 0 aliphatic rings. The molecule has 0 saturated heterocycles. The van der Waals surface area contributed by atoms with E-state index in [1.165, 1.54) is 5.56 Å². The topological polar surface area (TPSA) is 59.3 Å². The van der Waals surface area contributed by atoms with Crippen LogP contribution in [0.1, 0.15) is 48.1 Å². The molecule has 2 aromatic heterocycles. The molecule has 0 aliphatic heterocycles. The highest BCUT2D eigenvalue weighted by molar-refractivity contribution is 5.86. The van der Waals surface area contributed by atoms with Gasteiger partial charge in [-0.3, -0.25) is 10.3 Å². The van der Waals surface area contributed by atoms with Crippen molar-refractivity contribution in [3.8, 4) is 5.75 Å². The van der Waals surface area contributed by atoms with E-state index in [9.17, 15) is 5.11 Å². The van der Waals surface area contributed by atoms with Gasteiger partial charge in [-0.25, -0.2) is 4.98 Å². The zero-order valence-corrected chi connectivity index (χ0v) is 17.0. The second kappa shape index (κ2) is 7.92. The molecule has 0 fully saturated rings. The Kier molecular flexibility index (Phi) is 5.17. The Morgan fingerprint density at radius 3 is 2.45 bits per heavy atom. The molecule has 2 heterocycles. The van der Waals surface area contributed by atoms with Crippen LogP contribution in [0.15, 0.2) is 73.1 Å². The summed E-state index contributed by atoms with van der Waals surface area (Å²) < 4.78 is 0. The number of nitrogens with zero attached hydrogens (tertiary/aromatic N) is 1. The Morgan fingerprint density at radius 2 is 1.72 bits per heavy atom. The van der Waals surface area contributed by atoms with Gasteiger partial charge in [0.15, 0.2) is 0 Å². The lowest BCUT2D eigenvalue weighted by atomic mass is 9.93. The largest absolute Gasteiger partial charge is 0.505 e. The first kappa shape index (κ1) is 18.9. The van der Waals surface area contributed by atoms with E-state index in [0.29, 0.717) is 11.4 Å². The maximum atomic E-state index is 11.0. The third-order valence-electron chi connectivity index (χ3n) is 5.28. The number of phenols is 1. The van der Waals surface area contributed by atoms with Gasteiger partial charge in [-0.15, -0.1) is 0 Å². The molecule has 4 rings (SSSR count). The Labute approximate surface area is 171 Å². The second-order valence-corrected chi connectivity index (χ2v) is 7.76. The number of aromatic nitrogens is 2. The highest BCUT2D eigenvalue weighted by Gasteiger charge is 2.24. The maximum absolute atomic E-state index is 11.0. The van der Waals surface area contributed by atoms with Crippen LogP contribution in [0.5, 0.6) is 5.75 Å². The third-order valence-corrected chi connectivity index (χ3v) is 5.28. The molecule has 1 atom stereocenters. The number of anilines is 1. The number of benzene rings is 2. The van der Waals surface area contributed by atoms with E-state index in [2.05, 4.69) is 66.4 Å². The smallest absolute Gasteiger partial charge is 0.273 e. The average Bonchev–Trinajstić information content (AvgIpc) is 2.73. The van der Waals surface area contributed by atoms with Crippen LogP contribution in [0.3, 0.4) is 0 Å².